The first kappa shape index (κ1) is 17.7. The van der Waals surface area contributed by atoms with Gasteiger partial charge >= 0.3 is 0 Å². The number of carbonyl (C=O) groups excluding carboxylic acids is 1. The van der Waals surface area contributed by atoms with E-state index < -0.39 is 0 Å². The molecule has 0 aromatic rings. The minimum atomic E-state index is 0.163. The number of aliphatic imine (C=N–C) groups is 1. The highest BCUT2D eigenvalue weighted by atomic mass is 16.5. The number of carbonyl (C=O) groups is 1. The summed E-state index contributed by atoms with van der Waals surface area (Å²) in [6.07, 6.45) is 0.451. The number of piperazine rings is 1. The van der Waals surface area contributed by atoms with Gasteiger partial charge in [0.25, 0.3) is 0 Å². The van der Waals surface area contributed by atoms with E-state index in [1.54, 1.807) is 7.11 Å². The fourth-order valence-electron chi connectivity index (χ4n) is 2.30. The minimum absolute atomic E-state index is 0.163. The van der Waals surface area contributed by atoms with Crippen molar-refractivity contribution in [1.29, 1.82) is 0 Å². The largest absolute Gasteiger partial charge is 0.384 e. The van der Waals surface area contributed by atoms with Gasteiger partial charge in [0.1, 0.15) is 5.82 Å². The summed E-state index contributed by atoms with van der Waals surface area (Å²) in [7, 11) is 1.62. The van der Waals surface area contributed by atoms with Crippen LogP contribution in [0.5, 0.6) is 0 Å². The second kappa shape index (κ2) is 8.17. The zero-order chi connectivity index (χ0) is 16.0. The van der Waals surface area contributed by atoms with Crippen LogP contribution in [-0.2, 0) is 9.53 Å². The third-order valence-corrected chi connectivity index (χ3v) is 3.97. The maximum Gasteiger partial charge on any atom is 0.225 e. The molecule has 5 heteroatoms. The van der Waals surface area contributed by atoms with Crippen molar-refractivity contribution in [3.05, 3.63) is 12.4 Å². The summed E-state index contributed by atoms with van der Waals surface area (Å²) in [5.74, 6) is 1.39. The van der Waals surface area contributed by atoms with Crippen LogP contribution in [0.3, 0.4) is 0 Å². The van der Waals surface area contributed by atoms with Crippen molar-refractivity contribution in [2.45, 2.75) is 40.2 Å². The van der Waals surface area contributed by atoms with Crippen LogP contribution in [0.1, 0.15) is 34.1 Å². The number of methoxy groups -OCH3 is 1. The van der Waals surface area contributed by atoms with Crippen molar-refractivity contribution in [2.24, 2.45) is 10.9 Å². The maximum atomic E-state index is 12.1. The smallest absolute Gasteiger partial charge is 0.225 e. The number of hydrogen-bond donors (Lipinski definition) is 0. The Morgan fingerprint density at radius 3 is 2.62 bits per heavy atom. The van der Waals surface area contributed by atoms with Gasteiger partial charge < -0.3 is 14.5 Å². The van der Waals surface area contributed by atoms with E-state index in [9.17, 15) is 4.79 Å². The second-order valence-corrected chi connectivity index (χ2v) is 5.95. The van der Waals surface area contributed by atoms with Crippen LogP contribution in [0.2, 0.25) is 0 Å². The Bertz CT molecular complexity index is 404. The first-order chi connectivity index (χ1) is 9.86. The molecule has 1 saturated heterocycles. The van der Waals surface area contributed by atoms with Gasteiger partial charge in [0.15, 0.2) is 0 Å². The molecule has 0 bridgehead atoms. The molecule has 120 valence electrons. The van der Waals surface area contributed by atoms with Gasteiger partial charge in [0.05, 0.1) is 13.0 Å². The van der Waals surface area contributed by atoms with Gasteiger partial charge in [-0.2, -0.15) is 0 Å². The summed E-state index contributed by atoms with van der Waals surface area (Å²) in [5, 5.41) is 0. The SMILES string of the molecule is C=C(N=C(C)C(C)C)N1CCN(C(=O)CCOC)[C@H](C)C1. The van der Waals surface area contributed by atoms with Crippen molar-refractivity contribution < 1.29 is 9.53 Å². The lowest BCUT2D eigenvalue weighted by atomic mass is 10.1. The number of nitrogens with zero attached hydrogens (tertiary/aromatic N) is 3. The Labute approximate surface area is 128 Å². The van der Waals surface area contributed by atoms with Crippen LogP contribution in [0.4, 0.5) is 0 Å². The van der Waals surface area contributed by atoms with Crippen molar-refractivity contribution in [2.75, 3.05) is 33.4 Å². The van der Waals surface area contributed by atoms with E-state index >= 15 is 0 Å². The lowest BCUT2D eigenvalue weighted by Crippen LogP contribution is -2.53. The van der Waals surface area contributed by atoms with E-state index in [-0.39, 0.29) is 11.9 Å². The maximum absolute atomic E-state index is 12.1. The molecule has 0 aromatic heterocycles. The van der Waals surface area contributed by atoms with E-state index in [4.69, 9.17) is 4.74 Å². The third kappa shape index (κ3) is 5.16. The van der Waals surface area contributed by atoms with Crippen LogP contribution in [-0.4, -0.2) is 60.8 Å². The average Bonchev–Trinajstić information content (AvgIpc) is 2.44. The normalized spacial score (nSPS) is 20.1. The number of amides is 1. The molecule has 1 amide bonds. The lowest BCUT2D eigenvalue weighted by Gasteiger charge is -2.40. The number of hydrogen-bond acceptors (Lipinski definition) is 4. The quantitative estimate of drug-likeness (QED) is 0.705. The molecule has 1 aliphatic rings. The van der Waals surface area contributed by atoms with Crippen molar-refractivity contribution in [3.8, 4) is 0 Å². The summed E-state index contributed by atoms with van der Waals surface area (Å²) in [5.41, 5.74) is 1.09. The van der Waals surface area contributed by atoms with Crippen LogP contribution in [0.15, 0.2) is 17.4 Å². The topological polar surface area (TPSA) is 45.1 Å². The van der Waals surface area contributed by atoms with Crippen molar-refractivity contribution in [3.63, 3.8) is 0 Å². The molecule has 0 radical (unpaired) electrons. The number of ether oxygens (including phenoxy) is 1. The molecule has 0 N–H and O–H groups in total. The summed E-state index contributed by atoms with van der Waals surface area (Å²) in [6, 6.07) is 0.175. The van der Waals surface area contributed by atoms with Gasteiger partial charge in [0, 0.05) is 38.5 Å². The van der Waals surface area contributed by atoms with Gasteiger partial charge in [-0.1, -0.05) is 20.4 Å². The fourth-order valence-corrected chi connectivity index (χ4v) is 2.30. The van der Waals surface area contributed by atoms with Crippen LogP contribution in [0.25, 0.3) is 0 Å². The van der Waals surface area contributed by atoms with Crippen LogP contribution in [0, 0.1) is 5.92 Å². The molecule has 1 heterocycles. The molecule has 0 unspecified atom stereocenters. The summed E-state index contributed by atoms with van der Waals surface area (Å²) in [4.78, 5) is 20.8. The summed E-state index contributed by atoms with van der Waals surface area (Å²) in [6.45, 7) is 15.2. The van der Waals surface area contributed by atoms with Gasteiger partial charge in [-0.25, -0.2) is 4.99 Å². The third-order valence-electron chi connectivity index (χ3n) is 3.97. The van der Waals surface area contributed by atoms with Gasteiger partial charge in [-0.15, -0.1) is 0 Å². The van der Waals surface area contributed by atoms with E-state index in [2.05, 4.69) is 37.2 Å². The Kier molecular flexibility index (Phi) is 6.89. The van der Waals surface area contributed by atoms with Crippen molar-refractivity contribution in [1.82, 2.24) is 9.80 Å². The second-order valence-electron chi connectivity index (χ2n) is 5.95. The Balaban J connectivity index is 2.58. The van der Waals surface area contributed by atoms with Gasteiger partial charge in [-0.05, 0) is 19.8 Å². The minimum Gasteiger partial charge on any atom is -0.384 e. The fraction of sp³-hybridized carbons (Fsp3) is 0.750. The first-order valence-electron chi connectivity index (χ1n) is 7.64. The predicted octanol–water partition coefficient (Wildman–Crippen LogP) is 2.14. The van der Waals surface area contributed by atoms with E-state index in [1.807, 2.05) is 11.8 Å². The molecule has 1 aliphatic heterocycles. The molecule has 1 fully saturated rings. The summed E-state index contributed by atoms with van der Waals surface area (Å²) < 4.78 is 4.97. The predicted molar refractivity (Wildman–Crippen MR) is 86.3 cm³/mol. The number of rotatable bonds is 6. The molecule has 0 aromatic carbocycles. The standard InChI is InChI=1S/C16H29N3O2/c1-12(2)14(4)17-15(5)18-8-9-19(13(3)11-18)16(20)7-10-21-6/h12-13H,5,7-11H2,1-4,6H3/t13-/m1/s1. The van der Waals surface area contributed by atoms with Gasteiger partial charge in [-0.3, -0.25) is 4.79 Å². The molecular formula is C16H29N3O2. The van der Waals surface area contributed by atoms with E-state index in [0.29, 0.717) is 18.9 Å². The molecule has 0 saturated carbocycles. The van der Waals surface area contributed by atoms with Gasteiger partial charge in [0.2, 0.25) is 5.91 Å². The van der Waals surface area contributed by atoms with Crippen LogP contribution >= 0.6 is 0 Å². The molecule has 0 spiro atoms. The lowest BCUT2D eigenvalue weighted by molar-refractivity contribution is -0.136. The van der Waals surface area contributed by atoms with E-state index in [0.717, 1.165) is 31.2 Å². The van der Waals surface area contributed by atoms with Crippen molar-refractivity contribution >= 4 is 11.6 Å². The zero-order valence-corrected chi connectivity index (χ0v) is 14.1. The molecule has 1 rings (SSSR count). The van der Waals surface area contributed by atoms with Crippen LogP contribution < -0.4 is 0 Å². The first-order valence-corrected chi connectivity index (χ1v) is 7.64. The zero-order valence-electron chi connectivity index (χ0n) is 14.1. The molecular weight excluding hydrogens is 266 g/mol. The molecule has 1 atom stereocenters. The average molecular weight is 295 g/mol. The Morgan fingerprint density at radius 2 is 2.10 bits per heavy atom. The Hall–Kier alpha value is -1.36. The summed E-state index contributed by atoms with van der Waals surface area (Å²) >= 11 is 0. The highest BCUT2D eigenvalue weighted by Gasteiger charge is 2.27. The molecule has 21 heavy (non-hydrogen) atoms. The molecule has 0 aliphatic carbocycles. The highest BCUT2D eigenvalue weighted by molar-refractivity contribution is 5.84. The monoisotopic (exact) mass is 295 g/mol. The highest BCUT2D eigenvalue weighted by Crippen LogP contribution is 2.16. The van der Waals surface area contributed by atoms with E-state index in [1.165, 1.54) is 0 Å². The molecule has 5 nitrogen and oxygen atoms in total. The Morgan fingerprint density at radius 1 is 1.43 bits per heavy atom.